The van der Waals surface area contributed by atoms with Gasteiger partial charge in [-0.05, 0) is 18.9 Å². The summed E-state index contributed by atoms with van der Waals surface area (Å²) in [5.74, 6) is 0.00367. The number of amides is 1. The smallest absolute Gasteiger partial charge is 0.241 e. The summed E-state index contributed by atoms with van der Waals surface area (Å²) in [6, 6.07) is 10.0. The minimum Gasteiger partial charge on any atom is -0.355 e. The first-order chi connectivity index (χ1) is 9.20. The van der Waals surface area contributed by atoms with Crippen LogP contribution in [0, 0.1) is 6.92 Å². The van der Waals surface area contributed by atoms with E-state index in [0.717, 1.165) is 23.2 Å². The first-order valence-corrected chi connectivity index (χ1v) is 6.57. The van der Waals surface area contributed by atoms with Crippen molar-refractivity contribution in [2.45, 2.75) is 26.8 Å². The molecule has 0 bridgehead atoms. The maximum atomic E-state index is 11.7. The van der Waals surface area contributed by atoms with Gasteiger partial charge in [-0.15, -0.1) is 0 Å². The molecule has 0 saturated heterocycles. The first kappa shape index (κ1) is 13.3. The van der Waals surface area contributed by atoms with Gasteiger partial charge in [0.05, 0.1) is 5.69 Å². The second-order valence-electron chi connectivity index (χ2n) is 4.57. The van der Waals surface area contributed by atoms with Crippen LogP contribution in [0.15, 0.2) is 36.5 Å². The Labute approximate surface area is 113 Å². The molecular weight excluding hydrogens is 238 g/mol. The van der Waals surface area contributed by atoms with E-state index in [1.807, 2.05) is 50.4 Å². The van der Waals surface area contributed by atoms with Crippen molar-refractivity contribution in [3.05, 3.63) is 42.1 Å². The van der Waals surface area contributed by atoms with E-state index in [-0.39, 0.29) is 12.5 Å². The van der Waals surface area contributed by atoms with Crippen LogP contribution in [0.2, 0.25) is 0 Å². The summed E-state index contributed by atoms with van der Waals surface area (Å²) in [6.45, 7) is 5.03. The quantitative estimate of drug-likeness (QED) is 0.894. The summed E-state index contributed by atoms with van der Waals surface area (Å²) in [5, 5.41) is 7.33. The minimum atomic E-state index is 0.00367. The summed E-state index contributed by atoms with van der Waals surface area (Å²) in [4.78, 5) is 11.7. The number of rotatable bonds is 5. The standard InChI is InChI=1S/C15H19N3O/c1-3-9-16-14(19)11-18-10-12(2)15(17-18)13-7-5-4-6-8-13/h4-8,10H,3,9,11H2,1-2H3,(H,16,19). The average Bonchev–Trinajstić information content (AvgIpc) is 2.78. The third-order valence-corrected chi connectivity index (χ3v) is 2.87. The molecule has 4 nitrogen and oxygen atoms in total. The van der Waals surface area contributed by atoms with E-state index in [2.05, 4.69) is 10.4 Å². The molecule has 1 amide bonds. The first-order valence-electron chi connectivity index (χ1n) is 6.57. The van der Waals surface area contributed by atoms with Gasteiger partial charge in [0.2, 0.25) is 5.91 Å². The van der Waals surface area contributed by atoms with Gasteiger partial charge in [0.15, 0.2) is 0 Å². The van der Waals surface area contributed by atoms with Crippen LogP contribution in [0.4, 0.5) is 0 Å². The van der Waals surface area contributed by atoms with Gasteiger partial charge in [-0.3, -0.25) is 9.48 Å². The summed E-state index contributed by atoms with van der Waals surface area (Å²) < 4.78 is 1.70. The van der Waals surface area contributed by atoms with E-state index in [4.69, 9.17) is 0 Å². The number of nitrogens with zero attached hydrogens (tertiary/aromatic N) is 2. The predicted molar refractivity (Wildman–Crippen MR) is 75.7 cm³/mol. The second kappa shape index (κ2) is 6.18. The number of carbonyl (C=O) groups is 1. The molecule has 2 rings (SSSR count). The van der Waals surface area contributed by atoms with Gasteiger partial charge in [0.1, 0.15) is 6.54 Å². The molecule has 0 aliphatic carbocycles. The highest BCUT2D eigenvalue weighted by Gasteiger charge is 2.09. The van der Waals surface area contributed by atoms with Crippen LogP contribution in [0.25, 0.3) is 11.3 Å². The van der Waals surface area contributed by atoms with Gasteiger partial charge in [0.25, 0.3) is 0 Å². The number of hydrogen-bond acceptors (Lipinski definition) is 2. The third-order valence-electron chi connectivity index (χ3n) is 2.87. The number of aromatic nitrogens is 2. The molecule has 1 aromatic heterocycles. The largest absolute Gasteiger partial charge is 0.355 e. The molecule has 0 fully saturated rings. The molecule has 0 saturated carbocycles. The molecule has 1 aromatic carbocycles. The molecule has 0 unspecified atom stereocenters. The van der Waals surface area contributed by atoms with Crippen molar-refractivity contribution in [1.29, 1.82) is 0 Å². The van der Waals surface area contributed by atoms with Crippen LogP contribution in [0.3, 0.4) is 0 Å². The SMILES string of the molecule is CCCNC(=O)Cn1cc(C)c(-c2ccccc2)n1. The van der Waals surface area contributed by atoms with E-state index < -0.39 is 0 Å². The maximum absolute atomic E-state index is 11.7. The van der Waals surface area contributed by atoms with E-state index >= 15 is 0 Å². The zero-order valence-electron chi connectivity index (χ0n) is 11.4. The Bertz CT molecular complexity index is 546. The summed E-state index contributed by atoms with van der Waals surface area (Å²) in [6.07, 6.45) is 2.85. The van der Waals surface area contributed by atoms with E-state index in [0.29, 0.717) is 6.54 Å². The highest BCUT2D eigenvalue weighted by molar-refractivity contribution is 5.75. The van der Waals surface area contributed by atoms with Crippen molar-refractivity contribution in [2.75, 3.05) is 6.54 Å². The van der Waals surface area contributed by atoms with Crippen LogP contribution in [-0.4, -0.2) is 22.2 Å². The molecule has 1 heterocycles. The Morgan fingerprint density at radius 3 is 2.74 bits per heavy atom. The Kier molecular flexibility index (Phi) is 4.34. The Balaban J connectivity index is 2.11. The van der Waals surface area contributed by atoms with Crippen LogP contribution in [0.1, 0.15) is 18.9 Å². The topological polar surface area (TPSA) is 46.9 Å². The molecule has 0 aliphatic heterocycles. The van der Waals surface area contributed by atoms with Crippen LogP contribution >= 0.6 is 0 Å². The van der Waals surface area contributed by atoms with Crippen molar-refractivity contribution in [2.24, 2.45) is 0 Å². The lowest BCUT2D eigenvalue weighted by Gasteiger charge is -2.03. The van der Waals surface area contributed by atoms with E-state index in [1.165, 1.54) is 0 Å². The van der Waals surface area contributed by atoms with Gasteiger partial charge >= 0.3 is 0 Å². The normalized spacial score (nSPS) is 10.4. The predicted octanol–water partition coefficient (Wildman–Crippen LogP) is 2.38. The number of aryl methyl sites for hydroxylation is 1. The van der Waals surface area contributed by atoms with Gasteiger partial charge in [-0.2, -0.15) is 5.10 Å². The van der Waals surface area contributed by atoms with Crippen molar-refractivity contribution in [3.63, 3.8) is 0 Å². The highest BCUT2D eigenvalue weighted by atomic mass is 16.2. The molecule has 19 heavy (non-hydrogen) atoms. The lowest BCUT2D eigenvalue weighted by molar-refractivity contribution is -0.121. The second-order valence-corrected chi connectivity index (χ2v) is 4.57. The van der Waals surface area contributed by atoms with E-state index in [1.54, 1.807) is 4.68 Å². The molecule has 0 spiro atoms. The Hall–Kier alpha value is -2.10. The van der Waals surface area contributed by atoms with Crippen molar-refractivity contribution in [3.8, 4) is 11.3 Å². The number of hydrogen-bond donors (Lipinski definition) is 1. The van der Waals surface area contributed by atoms with Crippen LogP contribution < -0.4 is 5.32 Å². The van der Waals surface area contributed by atoms with Gasteiger partial charge < -0.3 is 5.32 Å². The lowest BCUT2D eigenvalue weighted by Crippen LogP contribution is -2.28. The van der Waals surface area contributed by atoms with Crippen LogP contribution in [-0.2, 0) is 11.3 Å². The fourth-order valence-corrected chi connectivity index (χ4v) is 1.95. The van der Waals surface area contributed by atoms with Gasteiger partial charge in [0, 0.05) is 18.3 Å². The zero-order valence-corrected chi connectivity index (χ0v) is 11.4. The molecule has 100 valence electrons. The Morgan fingerprint density at radius 1 is 1.32 bits per heavy atom. The number of benzene rings is 1. The lowest BCUT2D eigenvalue weighted by atomic mass is 10.1. The average molecular weight is 257 g/mol. The molecule has 0 atom stereocenters. The molecule has 2 aromatic rings. The van der Waals surface area contributed by atoms with E-state index in [9.17, 15) is 4.79 Å². The Morgan fingerprint density at radius 2 is 2.05 bits per heavy atom. The summed E-state index contributed by atoms with van der Waals surface area (Å²) in [7, 11) is 0. The molecule has 1 N–H and O–H groups in total. The third kappa shape index (κ3) is 3.44. The number of nitrogens with one attached hydrogen (secondary N) is 1. The molecule has 0 aliphatic rings. The fraction of sp³-hybridized carbons (Fsp3) is 0.333. The highest BCUT2D eigenvalue weighted by Crippen LogP contribution is 2.20. The van der Waals surface area contributed by atoms with Gasteiger partial charge in [-0.1, -0.05) is 37.3 Å². The minimum absolute atomic E-state index is 0.00367. The number of carbonyl (C=O) groups excluding carboxylic acids is 1. The van der Waals surface area contributed by atoms with Crippen LogP contribution in [0.5, 0.6) is 0 Å². The molecular formula is C15H19N3O. The monoisotopic (exact) mass is 257 g/mol. The molecule has 4 heteroatoms. The summed E-state index contributed by atoms with van der Waals surface area (Å²) in [5.41, 5.74) is 3.09. The van der Waals surface area contributed by atoms with Crippen molar-refractivity contribution < 1.29 is 4.79 Å². The van der Waals surface area contributed by atoms with Gasteiger partial charge in [-0.25, -0.2) is 0 Å². The maximum Gasteiger partial charge on any atom is 0.241 e. The zero-order chi connectivity index (χ0) is 13.7. The van der Waals surface area contributed by atoms with Crippen molar-refractivity contribution in [1.82, 2.24) is 15.1 Å². The fourth-order valence-electron chi connectivity index (χ4n) is 1.95. The van der Waals surface area contributed by atoms with Crippen molar-refractivity contribution >= 4 is 5.91 Å². The summed E-state index contributed by atoms with van der Waals surface area (Å²) >= 11 is 0. The molecule has 0 radical (unpaired) electrons.